The van der Waals surface area contributed by atoms with Gasteiger partial charge in [-0.05, 0) is 29.8 Å². The van der Waals surface area contributed by atoms with Crippen molar-refractivity contribution in [3.63, 3.8) is 0 Å². The number of pyridine rings is 1. The summed E-state index contributed by atoms with van der Waals surface area (Å²) in [6.45, 7) is 0. The predicted molar refractivity (Wildman–Crippen MR) is 74.0 cm³/mol. The van der Waals surface area contributed by atoms with Crippen molar-refractivity contribution in [2.24, 2.45) is 0 Å². The van der Waals surface area contributed by atoms with Crippen LogP contribution in [-0.4, -0.2) is 4.98 Å². The second-order valence-electron chi connectivity index (χ2n) is 3.63. The molecule has 1 aromatic carbocycles. The summed E-state index contributed by atoms with van der Waals surface area (Å²) < 4.78 is 0. The summed E-state index contributed by atoms with van der Waals surface area (Å²) in [5, 5.41) is 10.2. The number of hydrogen-bond donors (Lipinski definition) is 0. The van der Waals surface area contributed by atoms with Crippen molar-refractivity contribution in [2.45, 2.75) is 6.42 Å². The summed E-state index contributed by atoms with van der Waals surface area (Å²) in [5.41, 5.74) is 2.17. The van der Waals surface area contributed by atoms with Crippen LogP contribution in [0.3, 0.4) is 0 Å². The van der Waals surface area contributed by atoms with Crippen LogP contribution in [0.5, 0.6) is 0 Å². The normalized spacial score (nSPS) is 10.1. The maximum Gasteiger partial charge on any atom is 0.129 e. The summed E-state index contributed by atoms with van der Waals surface area (Å²) in [4.78, 5) is 4.24. The van der Waals surface area contributed by atoms with Crippen LogP contribution >= 0.6 is 34.8 Å². The van der Waals surface area contributed by atoms with Crippen LogP contribution in [0.2, 0.25) is 15.2 Å². The molecule has 0 N–H and O–H groups in total. The van der Waals surface area contributed by atoms with E-state index in [2.05, 4.69) is 11.1 Å². The van der Waals surface area contributed by atoms with Gasteiger partial charge in [0, 0.05) is 15.6 Å². The lowest BCUT2D eigenvalue weighted by molar-refractivity contribution is 1.20. The third kappa shape index (κ3) is 2.94. The highest BCUT2D eigenvalue weighted by molar-refractivity contribution is 6.35. The lowest BCUT2D eigenvalue weighted by atomic mass is 10.0. The minimum absolute atomic E-state index is 0.254. The Morgan fingerprint density at radius 2 is 1.72 bits per heavy atom. The average Bonchev–Trinajstić information content (AvgIpc) is 2.30. The van der Waals surface area contributed by atoms with Gasteiger partial charge in [-0.15, -0.1) is 0 Å². The van der Waals surface area contributed by atoms with Gasteiger partial charge in [0.2, 0.25) is 0 Å². The van der Waals surface area contributed by atoms with Gasteiger partial charge in [-0.3, -0.25) is 0 Å². The van der Waals surface area contributed by atoms with E-state index in [9.17, 15) is 0 Å². The van der Waals surface area contributed by atoms with Crippen LogP contribution in [0.1, 0.15) is 5.56 Å². The Morgan fingerprint density at radius 1 is 1.06 bits per heavy atom. The number of aromatic nitrogens is 1. The quantitative estimate of drug-likeness (QED) is 0.748. The standard InChI is InChI=1S/C13H7Cl3N2/c14-10-5-9(6-11(15)7-10)13-8(3-4-17)1-2-12(16)18-13/h1-2,5-7H,3H2. The van der Waals surface area contributed by atoms with Gasteiger partial charge in [-0.25, -0.2) is 4.98 Å². The highest BCUT2D eigenvalue weighted by Gasteiger charge is 2.09. The molecule has 0 fully saturated rings. The fraction of sp³-hybridized carbons (Fsp3) is 0.0769. The first kappa shape index (κ1) is 13.2. The number of hydrogen-bond acceptors (Lipinski definition) is 2. The zero-order chi connectivity index (χ0) is 13.1. The molecular weight excluding hydrogens is 291 g/mol. The molecular formula is C13H7Cl3N2. The van der Waals surface area contributed by atoms with Crippen LogP contribution in [0.15, 0.2) is 30.3 Å². The topological polar surface area (TPSA) is 36.7 Å². The SMILES string of the molecule is N#CCc1ccc(Cl)nc1-c1cc(Cl)cc(Cl)c1. The molecule has 0 saturated carbocycles. The third-order valence-corrected chi connectivity index (χ3v) is 3.00. The van der Waals surface area contributed by atoms with Crippen molar-refractivity contribution in [2.75, 3.05) is 0 Å². The van der Waals surface area contributed by atoms with Crippen LogP contribution in [0.25, 0.3) is 11.3 Å². The van der Waals surface area contributed by atoms with Gasteiger partial charge in [0.05, 0.1) is 18.2 Å². The van der Waals surface area contributed by atoms with E-state index < -0.39 is 0 Å². The molecule has 0 radical (unpaired) electrons. The lowest BCUT2D eigenvalue weighted by Gasteiger charge is -2.07. The molecule has 0 aliphatic rings. The average molecular weight is 298 g/mol. The maximum absolute atomic E-state index is 8.81. The summed E-state index contributed by atoms with van der Waals surface area (Å²) in [5.74, 6) is 0. The van der Waals surface area contributed by atoms with E-state index in [1.807, 2.05) is 0 Å². The Kier molecular flexibility index (Phi) is 4.08. The fourth-order valence-corrected chi connectivity index (χ4v) is 2.31. The first-order chi connectivity index (χ1) is 8.60. The Labute approximate surface area is 120 Å². The van der Waals surface area contributed by atoms with Crippen LogP contribution < -0.4 is 0 Å². The van der Waals surface area contributed by atoms with Crippen molar-refractivity contribution in [1.29, 1.82) is 5.26 Å². The molecule has 1 aromatic heterocycles. The minimum Gasteiger partial charge on any atom is -0.236 e. The molecule has 18 heavy (non-hydrogen) atoms. The van der Waals surface area contributed by atoms with Gasteiger partial charge in [0.25, 0.3) is 0 Å². The molecule has 2 rings (SSSR count). The molecule has 1 heterocycles. The van der Waals surface area contributed by atoms with Gasteiger partial charge < -0.3 is 0 Å². The minimum atomic E-state index is 0.254. The van der Waals surface area contributed by atoms with E-state index in [0.717, 1.165) is 11.1 Å². The highest BCUT2D eigenvalue weighted by atomic mass is 35.5. The summed E-state index contributed by atoms with van der Waals surface area (Å²) in [6.07, 6.45) is 0.254. The van der Waals surface area contributed by atoms with Gasteiger partial charge in [0.1, 0.15) is 5.15 Å². The van der Waals surface area contributed by atoms with Gasteiger partial charge in [-0.1, -0.05) is 40.9 Å². The van der Waals surface area contributed by atoms with Crippen molar-refractivity contribution >= 4 is 34.8 Å². The maximum atomic E-state index is 8.81. The Balaban J connectivity index is 2.61. The molecule has 0 aliphatic heterocycles. The van der Waals surface area contributed by atoms with Crippen LogP contribution in [0.4, 0.5) is 0 Å². The van der Waals surface area contributed by atoms with E-state index in [1.54, 1.807) is 30.3 Å². The largest absolute Gasteiger partial charge is 0.236 e. The van der Waals surface area contributed by atoms with Crippen LogP contribution in [0, 0.1) is 11.3 Å². The molecule has 0 aliphatic carbocycles. The van der Waals surface area contributed by atoms with E-state index in [4.69, 9.17) is 40.1 Å². The van der Waals surface area contributed by atoms with Crippen molar-refractivity contribution in [3.8, 4) is 17.3 Å². The van der Waals surface area contributed by atoms with Gasteiger partial charge in [0.15, 0.2) is 0 Å². The van der Waals surface area contributed by atoms with Crippen LogP contribution in [-0.2, 0) is 6.42 Å². The molecule has 0 saturated heterocycles. The zero-order valence-electron chi connectivity index (χ0n) is 9.12. The second kappa shape index (κ2) is 5.58. The Bertz CT molecular complexity index is 612. The molecule has 0 spiro atoms. The monoisotopic (exact) mass is 296 g/mol. The van der Waals surface area contributed by atoms with Gasteiger partial charge in [-0.2, -0.15) is 5.26 Å². The number of halogens is 3. The Morgan fingerprint density at radius 3 is 2.33 bits per heavy atom. The number of rotatable bonds is 2. The first-order valence-electron chi connectivity index (χ1n) is 5.09. The molecule has 0 amide bonds. The number of benzene rings is 1. The molecule has 0 unspecified atom stereocenters. The van der Waals surface area contributed by atoms with E-state index in [1.165, 1.54) is 0 Å². The van der Waals surface area contributed by atoms with Crippen molar-refractivity contribution < 1.29 is 0 Å². The summed E-state index contributed by atoms with van der Waals surface area (Å²) in [7, 11) is 0. The smallest absolute Gasteiger partial charge is 0.129 e. The van der Waals surface area contributed by atoms with E-state index in [0.29, 0.717) is 20.9 Å². The Hall–Kier alpha value is -1.27. The van der Waals surface area contributed by atoms with Crippen molar-refractivity contribution in [3.05, 3.63) is 51.1 Å². The molecule has 0 bridgehead atoms. The predicted octanol–water partition coefficient (Wildman–Crippen LogP) is 4.77. The zero-order valence-corrected chi connectivity index (χ0v) is 11.4. The summed E-state index contributed by atoms with van der Waals surface area (Å²) in [6, 6.07) is 10.7. The van der Waals surface area contributed by atoms with E-state index in [-0.39, 0.29) is 6.42 Å². The fourth-order valence-electron chi connectivity index (χ4n) is 1.63. The second-order valence-corrected chi connectivity index (χ2v) is 4.89. The summed E-state index contributed by atoms with van der Waals surface area (Å²) >= 11 is 17.8. The molecule has 90 valence electrons. The number of nitrogens with zero attached hydrogens (tertiary/aromatic N) is 2. The van der Waals surface area contributed by atoms with Crippen molar-refractivity contribution in [1.82, 2.24) is 4.98 Å². The molecule has 2 aromatic rings. The first-order valence-corrected chi connectivity index (χ1v) is 6.22. The van der Waals surface area contributed by atoms with E-state index >= 15 is 0 Å². The van der Waals surface area contributed by atoms with Gasteiger partial charge >= 0.3 is 0 Å². The molecule has 5 heteroatoms. The highest BCUT2D eigenvalue weighted by Crippen LogP contribution is 2.29. The number of nitriles is 1. The lowest BCUT2D eigenvalue weighted by Crippen LogP contribution is -1.93. The molecule has 0 atom stereocenters. The third-order valence-electron chi connectivity index (χ3n) is 2.35. The molecule has 2 nitrogen and oxygen atoms in total.